The average Bonchev–Trinajstić information content (AvgIpc) is 3.00. The maximum absolute atomic E-state index is 11.8. The number of rotatable bonds is 7. The van der Waals surface area contributed by atoms with Gasteiger partial charge in [0.25, 0.3) is 0 Å². The standard InChI is InChI=1S/C14H21NO2S/c1-17-11-12-6-8-15(10-12)7-2-4-13(16)14-5-3-9-18-14/h3,5,9,12H,2,4,6-8,10-11H2,1H3. The monoisotopic (exact) mass is 267 g/mol. The molecule has 3 nitrogen and oxygen atoms in total. The van der Waals surface area contributed by atoms with Crippen molar-refractivity contribution >= 4 is 17.1 Å². The molecule has 1 atom stereocenters. The molecule has 100 valence electrons. The molecule has 1 fully saturated rings. The highest BCUT2D eigenvalue weighted by atomic mass is 32.1. The Labute approximate surface area is 113 Å². The summed E-state index contributed by atoms with van der Waals surface area (Å²) < 4.78 is 5.19. The third-order valence-corrected chi connectivity index (χ3v) is 4.36. The maximum atomic E-state index is 11.8. The number of carbonyl (C=O) groups excluding carboxylic acids is 1. The number of thiophene rings is 1. The van der Waals surface area contributed by atoms with Crippen LogP contribution in [0.1, 0.15) is 28.9 Å². The minimum absolute atomic E-state index is 0.289. The first-order chi connectivity index (χ1) is 8.79. The van der Waals surface area contributed by atoms with Crippen molar-refractivity contribution < 1.29 is 9.53 Å². The zero-order valence-corrected chi connectivity index (χ0v) is 11.7. The summed E-state index contributed by atoms with van der Waals surface area (Å²) in [4.78, 5) is 15.2. The molecule has 1 aromatic heterocycles. The van der Waals surface area contributed by atoms with Gasteiger partial charge < -0.3 is 9.64 Å². The molecule has 1 aliphatic rings. The summed E-state index contributed by atoms with van der Waals surface area (Å²) in [6.45, 7) is 4.18. The number of methoxy groups -OCH3 is 1. The Kier molecular flexibility index (Phi) is 5.35. The van der Waals surface area contributed by atoms with Gasteiger partial charge in [-0.05, 0) is 43.3 Å². The Hall–Kier alpha value is -0.710. The number of Topliss-reactive ketones (excluding diaryl/α,β-unsaturated/α-hetero) is 1. The van der Waals surface area contributed by atoms with Gasteiger partial charge in [-0.15, -0.1) is 11.3 Å². The predicted octanol–water partition coefficient (Wildman–Crippen LogP) is 2.68. The van der Waals surface area contributed by atoms with E-state index in [4.69, 9.17) is 4.74 Å². The lowest BCUT2D eigenvalue weighted by molar-refractivity contribution is 0.0979. The van der Waals surface area contributed by atoms with Crippen molar-refractivity contribution in [2.45, 2.75) is 19.3 Å². The van der Waals surface area contributed by atoms with Gasteiger partial charge in [-0.2, -0.15) is 0 Å². The molecule has 2 rings (SSSR count). The third kappa shape index (κ3) is 3.90. The average molecular weight is 267 g/mol. The van der Waals surface area contributed by atoms with Gasteiger partial charge in [0.1, 0.15) is 0 Å². The van der Waals surface area contributed by atoms with Crippen molar-refractivity contribution in [2.24, 2.45) is 5.92 Å². The van der Waals surface area contributed by atoms with Crippen LogP contribution in [0, 0.1) is 5.92 Å². The summed E-state index contributed by atoms with van der Waals surface area (Å²) in [6, 6.07) is 3.85. The fourth-order valence-corrected chi connectivity index (χ4v) is 3.21. The number of carbonyl (C=O) groups is 1. The van der Waals surface area contributed by atoms with Crippen molar-refractivity contribution in [1.82, 2.24) is 4.90 Å². The highest BCUT2D eigenvalue weighted by molar-refractivity contribution is 7.12. The van der Waals surface area contributed by atoms with E-state index in [-0.39, 0.29) is 5.78 Å². The zero-order valence-electron chi connectivity index (χ0n) is 10.9. The lowest BCUT2D eigenvalue weighted by Gasteiger charge is -2.15. The number of hydrogen-bond donors (Lipinski definition) is 0. The minimum atomic E-state index is 0.289. The summed E-state index contributed by atoms with van der Waals surface area (Å²) in [5.74, 6) is 0.973. The van der Waals surface area contributed by atoms with Crippen LogP contribution in [-0.4, -0.2) is 44.0 Å². The van der Waals surface area contributed by atoms with Gasteiger partial charge in [0.05, 0.1) is 11.5 Å². The van der Waals surface area contributed by atoms with Gasteiger partial charge in [-0.25, -0.2) is 0 Å². The first-order valence-corrected chi connectivity index (χ1v) is 7.45. The molecule has 1 aliphatic heterocycles. The molecule has 0 saturated carbocycles. The van der Waals surface area contributed by atoms with Crippen molar-refractivity contribution in [2.75, 3.05) is 33.4 Å². The summed E-state index contributed by atoms with van der Waals surface area (Å²) in [7, 11) is 1.77. The largest absolute Gasteiger partial charge is 0.384 e. The van der Waals surface area contributed by atoms with Crippen LogP contribution in [0.3, 0.4) is 0 Å². The van der Waals surface area contributed by atoms with Crippen LogP contribution >= 0.6 is 11.3 Å². The Morgan fingerprint density at radius 1 is 1.61 bits per heavy atom. The highest BCUT2D eigenvalue weighted by Crippen LogP contribution is 2.17. The first-order valence-electron chi connectivity index (χ1n) is 6.57. The van der Waals surface area contributed by atoms with E-state index in [0.29, 0.717) is 12.3 Å². The van der Waals surface area contributed by atoms with Crippen molar-refractivity contribution in [3.63, 3.8) is 0 Å². The molecule has 0 aliphatic carbocycles. The summed E-state index contributed by atoms with van der Waals surface area (Å²) in [6.07, 6.45) is 2.87. The van der Waals surface area contributed by atoms with E-state index < -0.39 is 0 Å². The first kappa shape index (κ1) is 13.7. The van der Waals surface area contributed by atoms with Gasteiger partial charge >= 0.3 is 0 Å². The number of likely N-dealkylation sites (tertiary alicyclic amines) is 1. The fourth-order valence-electron chi connectivity index (χ4n) is 2.51. The van der Waals surface area contributed by atoms with Crippen LogP contribution in [0.2, 0.25) is 0 Å². The lowest BCUT2D eigenvalue weighted by Crippen LogP contribution is -2.23. The van der Waals surface area contributed by atoms with Crippen LogP contribution in [0.4, 0.5) is 0 Å². The quantitative estimate of drug-likeness (QED) is 0.711. The van der Waals surface area contributed by atoms with Gasteiger partial charge in [-0.1, -0.05) is 6.07 Å². The smallest absolute Gasteiger partial charge is 0.172 e. The Morgan fingerprint density at radius 3 is 3.22 bits per heavy atom. The molecule has 0 aromatic carbocycles. The van der Waals surface area contributed by atoms with E-state index in [1.54, 1.807) is 18.4 Å². The topological polar surface area (TPSA) is 29.5 Å². The number of ketones is 1. The van der Waals surface area contributed by atoms with E-state index >= 15 is 0 Å². The van der Waals surface area contributed by atoms with Crippen LogP contribution < -0.4 is 0 Å². The number of hydrogen-bond acceptors (Lipinski definition) is 4. The maximum Gasteiger partial charge on any atom is 0.172 e. The van der Waals surface area contributed by atoms with Crippen molar-refractivity contribution in [3.05, 3.63) is 22.4 Å². The molecule has 18 heavy (non-hydrogen) atoms. The SMILES string of the molecule is COCC1CCN(CCCC(=O)c2cccs2)C1. The third-order valence-electron chi connectivity index (χ3n) is 3.45. The second-order valence-corrected chi connectivity index (χ2v) is 5.86. The second kappa shape index (κ2) is 7.02. The highest BCUT2D eigenvalue weighted by Gasteiger charge is 2.21. The molecule has 1 unspecified atom stereocenters. The molecule has 1 aromatic rings. The minimum Gasteiger partial charge on any atom is -0.384 e. The molecule has 0 bridgehead atoms. The molecule has 0 spiro atoms. The van der Waals surface area contributed by atoms with Crippen molar-refractivity contribution in [1.29, 1.82) is 0 Å². The van der Waals surface area contributed by atoms with E-state index in [2.05, 4.69) is 4.90 Å². The molecule has 1 saturated heterocycles. The molecular formula is C14H21NO2S. The Bertz CT molecular complexity index is 364. The van der Waals surface area contributed by atoms with E-state index in [9.17, 15) is 4.79 Å². The van der Waals surface area contributed by atoms with E-state index in [1.807, 2.05) is 17.5 Å². The molecule has 0 radical (unpaired) electrons. The van der Waals surface area contributed by atoms with Gasteiger partial charge in [0.2, 0.25) is 0 Å². The second-order valence-electron chi connectivity index (χ2n) is 4.91. The normalized spacial score (nSPS) is 20.4. The van der Waals surface area contributed by atoms with E-state index in [1.165, 1.54) is 6.42 Å². The number of nitrogens with zero attached hydrogens (tertiary/aromatic N) is 1. The number of ether oxygens (including phenoxy) is 1. The van der Waals surface area contributed by atoms with E-state index in [0.717, 1.165) is 37.5 Å². The van der Waals surface area contributed by atoms with Crippen LogP contribution in [0.15, 0.2) is 17.5 Å². The van der Waals surface area contributed by atoms with Gasteiger partial charge in [0.15, 0.2) is 5.78 Å². The van der Waals surface area contributed by atoms with Crippen LogP contribution in [0.25, 0.3) is 0 Å². The Balaban J connectivity index is 1.63. The summed E-state index contributed by atoms with van der Waals surface area (Å²) >= 11 is 1.54. The fraction of sp³-hybridized carbons (Fsp3) is 0.643. The summed E-state index contributed by atoms with van der Waals surface area (Å²) in [5, 5.41) is 1.96. The Morgan fingerprint density at radius 2 is 2.50 bits per heavy atom. The predicted molar refractivity (Wildman–Crippen MR) is 74.3 cm³/mol. The van der Waals surface area contributed by atoms with Crippen LogP contribution in [-0.2, 0) is 4.74 Å². The molecular weight excluding hydrogens is 246 g/mol. The molecule has 2 heterocycles. The lowest BCUT2D eigenvalue weighted by atomic mass is 10.1. The molecule has 0 amide bonds. The summed E-state index contributed by atoms with van der Waals surface area (Å²) in [5.41, 5.74) is 0. The van der Waals surface area contributed by atoms with Crippen LogP contribution in [0.5, 0.6) is 0 Å². The molecule has 4 heteroatoms. The van der Waals surface area contributed by atoms with Gasteiger partial charge in [-0.3, -0.25) is 4.79 Å². The van der Waals surface area contributed by atoms with Gasteiger partial charge in [0, 0.05) is 20.1 Å². The van der Waals surface area contributed by atoms with Crippen molar-refractivity contribution in [3.8, 4) is 0 Å². The molecule has 0 N–H and O–H groups in total. The zero-order chi connectivity index (χ0) is 12.8.